The minimum absolute atomic E-state index is 0.544. The summed E-state index contributed by atoms with van der Waals surface area (Å²) in [7, 11) is 0. The first kappa shape index (κ1) is 11.1. The van der Waals surface area contributed by atoms with Gasteiger partial charge in [0.25, 0.3) is 0 Å². The van der Waals surface area contributed by atoms with E-state index >= 15 is 0 Å². The van der Waals surface area contributed by atoms with Gasteiger partial charge in [0.2, 0.25) is 0 Å². The molecule has 0 fully saturated rings. The normalized spacial score (nSPS) is 10.9. The first-order valence-electron chi connectivity index (χ1n) is 5.77. The zero-order valence-electron chi connectivity index (χ0n) is 9.71. The van der Waals surface area contributed by atoms with Gasteiger partial charge in [0.05, 0.1) is 12.7 Å². The lowest BCUT2D eigenvalue weighted by Crippen LogP contribution is -2.01. The Kier molecular flexibility index (Phi) is 2.90. The van der Waals surface area contributed by atoms with Gasteiger partial charge in [0, 0.05) is 6.54 Å². The van der Waals surface area contributed by atoms with Gasteiger partial charge in [-0.15, -0.1) is 0 Å². The smallest absolute Gasteiger partial charge is 0.157 e. The number of aromatic amines is 1. The maximum Gasteiger partial charge on any atom is 0.157 e. The summed E-state index contributed by atoms with van der Waals surface area (Å²) in [5.41, 5.74) is 3.01. The standard InChI is InChI=1S/C13H12N4S/c18-13-11-12(14-8-15-13)17(9-16-11)7-6-10-4-2-1-3-5-10/h1-5,8-9H,6-7H2,(H,14,15,18). The van der Waals surface area contributed by atoms with Crippen LogP contribution in [0.15, 0.2) is 43.0 Å². The second-order valence-electron chi connectivity index (χ2n) is 4.08. The third kappa shape index (κ3) is 2.04. The van der Waals surface area contributed by atoms with Gasteiger partial charge in [0.1, 0.15) is 11.2 Å². The topological polar surface area (TPSA) is 46.5 Å². The Morgan fingerprint density at radius 1 is 1.17 bits per heavy atom. The lowest BCUT2D eigenvalue weighted by Gasteiger charge is -2.04. The molecule has 3 rings (SSSR count). The number of benzene rings is 1. The van der Waals surface area contributed by atoms with Crippen molar-refractivity contribution in [2.75, 3.05) is 0 Å². The molecule has 0 saturated carbocycles. The van der Waals surface area contributed by atoms with E-state index in [9.17, 15) is 0 Å². The molecule has 5 heteroatoms. The molecule has 4 nitrogen and oxygen atoms in total. The summed E-state index contributed by atoms with van der Waals surface area (Å²) in [6.07, 6.45) is 4.39. The van der Waals surface area contributed by atoms with Gasteiger partial charge in [-0.1, -0.05) is 42.5 Å². The highest BCUT2D eigenvalue weighted by molar-refractivity contribution is 7.71. The molecular formula is C13H12N4S. The molecular weight excluding hydrogens is 244 g/mol. The first-order chi connectivity index (χ1) is 8.84. The summed E-state index contributed by atoms with van der Waals surface area (Å²) in [5.74, 6) is 0. The van der Waals surface area contributed by atoms with E-state index in [4.69, 9.17) is 12.2 Å². The van der Waals surface area contributed by atoms with Crippen molar-refractivity contribution in [2.45, 2.75) is 13.0 Å². The summed E-state index contributed by atoms with van der Waals surface area (Å²) < 4.78 is 2.61. The Bertz CT molecular complexity index is 714. The van der Waals surface area contributed by atoms with Crippen molar-refractivity contribution in [3.05, 3.63) is 53.2 Å². The molecule has 0 atom stereocenters. The van der Waals surface area contributed by atoms with Crippen LogP contribution < -0.4 is 0 Å². The van der Waals surface area contributed by atoms with E-state index in [-0.39, 0.29) is 0 Å². The lowest BCUT2D eigenvalue weighted by atomic mass is 10.1. The van der Waals surface area contributed by atoms with Crippen molar-refractivity contribution in [3.63, 3.8) is 0 Å². The van der Waals surface area contributed by atoms with Gasteiger partial charge in [0.15, 0.2) is 4.64 Å². The van der Waals surface area contributed by atoms with E-state index in [1.165, 1.54) is 5.56 Å². The largest absolute Gasteiger partial charge is 0.331 e. The Morgan fingerprint density at radius 3 is 2.83 bits per heavy atom. The molecule has 0 aliphatic carbocycles. The second-order valence-corrected chi connectivity index (χ2v) is 4.47. The van der Waals surface area contributed by atoms with E-state index in [0.717, 1.165) is 24.1 Å². The molecule has 2 aromatic heterocycles. The minimum atomic E-state index is 0.544. The van der Waals surface area contributed by atoms with Crippen molar-refractivity contribution in [2.24, 2.45) is 0 Å². The van der Waals surface area contributed by atoms with Crippen LogP contribution in [-0.2, 0) is 13.0 Å². The number of imidazole rings is 1. The van der Waals surface area contributed by atoms with Crippen molar-refractivity contribution >= 4 is 23.4 Å². The molecule has 0 aliphatic heterocycles. The zero-order chi connectivity index (χ0) is 12.4. The highest BCUT2D eigenvalue weighted by Gasteiger charge is 2.04. The molecule has 2 heterocycles. The molecule has 0 radical (unpaired) electrons. The zero-order valence-corrected chi connectivity index (χ0v) is 10.5. The minimum Gasteiger partial charge on any atom is -0.331 e. The van der Waals surface area contributed by atoms with Crippen LogP contribution in [0.2, 0.25) is 0 Å². The number of aryl methyl sites for hydroxylation is 2. The molecule has 18 heavy (non-hydrogen) atoms. The van der Waals surface area contributed by atoms with Crippen LogP contribution in [0.5, 0.6) is 0 Å². The van der Waals surface area contributed by atoms with Crippen molar-refractivity contribution in [3.8, 4) is 0 Å². The Morgan fingerprint density at radius 2 is 2.00 bits per heavy atom. The van der Waals surface area contributed by atoms with E-state index in [1.807, 2.05) is 12.4 Å². The molecule has 0 aliphatic rings. The molecule has 0 unspecified atom stereocenters. The predicted octanol–water partition coefficient (Wildman–Crippen LogP) is 2.73. The number of fused-ring (bicyclic) bond motifs is 1. The Balaban J connectivity index is 1.88. The number of H-pyrrole nitrogens is 1. The molecule has 90 valence electrons. The summed E-state index contributed by atoms with van der Waals surface area (Å²) in [5, 5.41) is 0. The maximum atomic E-state index is 5.14. The van der Waals surface area contributed by atoms with E-state index in [1.54, 1.807) is 6.33 Å². The van der Waals surface area contributed by atoms with E-state index in [2.05, 4.69) is 43.8 Å². The molecule has 1 aromatic carbocycles. The number of aromatic nitrogens is 4. The molecule has 0 amide bonds. The fraction of sp³-hybridized carbons (Fsp3) is 0.154. The van der Waals surface area contributed by atoms with Gasteiger partial charge in [-0.3, -0.25) is 0 Å². The lowest BCUT2D eigenvalue weighted by molar-refractivity contribution is 0.709. The van der Waals surface area contributed by atoms with Gasteiger partial charge in [-0.2, -0.15) is 0 Å². The molecule has 3 aromatic rings. The maximum absolute atomic E-state index is 5.14. The van der Waals surface area contributed by atoms with Crippen LogP contribution in [0, 0.1) is 4.64 Å². The number of rotatable bonds is 3. The van der Waals surface area contributed by atoms with Gasteiger partial charge in [-0.25, -0.2) is 9.97 Å². The fourth-order valence-electron chi connectivity index (χ4n) is 1.97. The number of nitrogens with one attached hydrogen (secondary N) is 1. The average Bonchev–Trinajstić information content (AvgIpc) is 2.82. The summed E-state index contributed by atoms with van der Waals surface area (Å²) in [6, 6.07) is 10.4. The molecule has 0 spiro atoms. The molecule has 0 saturated heterocycles. The monoisotopic (exact) mass is 256 g/mol. The van der Waals surface area contributed by atoms with E-state index in [0.29, 0.717) is 4.64 Å². The van der Waals surface area contributed by atoms with Gasteiger partial charge in [-0.05, 0) is 12.0 Å². The van der Waals surface area contributed by atoms with Gasteiger partial charge >= 0.3 is 0 Å². The van der Waals surface area contributed by atoms with Crippen molar-refractivity contribution in [1.82, 2.24) is 19.5 Å². The third-order valence-corrected chi connectivity index (χ3v) is 3.21. The highest BCUT2D eigenvalue weighted by atomic mass is 32.1. The van der Waals surface area contributed by atoms with Crippen LogP contribution in [0.1, 0.15) is 5.56 Å². The Hall–Kier alpha value is -2.01. The fourth-order valence-corrected chi connectivity index (χ4v) is 2.17. The summed E-state index contributed by atoms with van der Waals surface area (Å²) in [6.45, 7) is 0.871. The highest BCUT2D eigenvalue weighted by Crippen LogP contribution is 2.10. The molecule has 0 bridgehead atoms. The number of nitrogens with zero attached hydrogens (tertiary/aromatic N) is 3. The quantitative estimate of drug-likeness (QED) is 0.733. The second kappa shape index (κ2) is 4.70. The third-order valence-electron chi connectivity index (χ3n) is 2.91. The predicted molar refractivity (Wildman–Crippen MR) is 72.9 cm³/mol. The first-order valence-corrected chi connectivity index (χ1v) is 6.18. The summed E-state index contributed by atoms with van der Waals surface area (Å²) in [4.78, 5) is 11.4. The average molecular weight is 256 g/mol. The van der Waals surface area contributed by atoms with Crippen molar-refractivity contribution < 1.29 is 0 Å². The number of hydrogen-bond acceptors (Lipinski definition) is 3. The van der Waals surface area contributed by atoms with Crippen LogP contribution in [0.3, 0.4) is 0 Å². The summed E-state index contributed by atoms with van der Waals surface area (Å²) >= 11 is 5.14. The SMILES string of the molecule is S=c1nc[nH]c2c1ncn2CCc1ccccc1. The number of hydrogen-bond donors (Lipinski definition) is 1. The van der Waals surface area contributed by atoms with Gasteiger partial charge < -0.3 is 9.55 Å². The Labute approximate surface area is 109 Å². The molecule has 1 N–H and O–H groups in total. The van der Waals surface area contributed by atoms with E-state index < -0.39 is 0 Å². The van der Waals surface area contributed by atoms with Crippen LogP contribution in [0.25, 0.3) is 11.2 Å². The van der Waals surface area contributed by atoms with Crippen LogP contribution in [-0.4, -0.2) is 19.5 Å². The van der Waals surface area contributed by atoms with Crippen LogP contribution in [0.4, 0.5) is 0 Å². The van der Waals surface area contributed by atoms with Crippen LogP contribution >= 0.6 is 12.2 Å². The van der Waals surface area contributed by atoms with Crippen molar-refractivity contribution in [1.29, 1.82) is 0 Å².